The Kier molecular flexibility index (Phi) is 20.1. The summed E-state index contributed by atoms with van der Waals surface area (Å²) in [7, 11) is 0. The minimum Gasteiger partial charge on any atom is -0.491 e. The molecule has 0 aromatic heterocycles. The van der Waals surface area contributed by atoms with Gasteiger partial charge in [-0.05, 0) is 66.6 Å². The zero-order chi connectivity index (χ0) is 42.0. The van der Waals surface area contributed by atoms with E-state index in [1.165, 1.54) is 6.92 Å². The van der Waals surface area contributed by atoms with Crippen molar-refractivity contribution in [3.05, 3.63) is 118 Å². The summed E-state index contributed by atoms with van der Waals surface area (Å²) >= 11 is 0. The molecule has 4 bridgehead atoms. The first-order valence-corrected chi connectivity index (χ1v) is 20.0. The normalized spacial score (nSPS) is 16.6. The average Bonchev–Trinajstić information content (AvgIpc) is 3.26. The molecule has 1 N–H and O–H groups in total. The molecular weight excluding hydrogens is 773 g/mol. The van der Waals surface area contributed by atoms with Crippen molar-refractivity contribution in [1.29, 1.82) is 0 Å². The monoisotopic (exact) mass is 826 g/mol. The van der Waals surface area contributed by atoms with Gasteiger partial charge in [-0.3, -0.25) is 4.79 Å². The number of Topliss-reactive ketones (excluding diaryl/α,β-unsaturated/α-hetero) is 1. The largest absolute Gasteiger partial charge is 0.491 e. The Hall–Kier alpha value is -5.54. The van der Waals surface area contributed by atoms with Crippen LogP contribution in [0.5, 0.6) is 23.0 Å². The van der Waals surface area contributed by atoms with Gasteiger partial charge in [-0.2, -0.15) is 0 Å². The highest BCUT2D eigenvalue weighted by Gasteiger charge is 2.11. The smallest absolute Gasteiger partial charge is 0.335 e. The van der Waals surface area contributed by atoms with E-state index in [1.807, 2.05) is 72.8 Å². The van der Waals surface area contributed by atoms with Crippen molar-refractivity contribution in [2.45, 2.75) is 6.92 Å². The molecule has 60 heavy (non-hydrogen) atoms. The Bertz CT molecular complexity index is 1780. The number of carbonyl (C=O) groups excluding carboxylic acids is 1. The Labute approximate surface area is 351 Å². The Morgan fingerprint density at radius 2 is 0.733 bits per heavy atom. The Balaban J connectivity index is 1.25. The molecule has 0 radical (unpaired) electrons. The van der Waals surface area contributed by atoms with Gasteiger partial charge in [0.1, 0.15) is 49.4 Å². The maximum atomic E-state index is 11.8. The third-order valence-electron chi connectivity index (χ3n) is 8.80. The standard InChI is InChI=1S/C47H54O13/c1-36(48)39-8-2-37(3-9-39)6-12-41-34-46-42(13-7-38-4-10-40(11-5-38)47(49)50)35-45(41)59-32-28-55-24-20-51-18-22-53-26-30-57-43-14-16-44(17-15-43)58-31-27-54-23-19-52-21-25-56-29-33-60-46/h2-17,34-35H,18-33H2,1H3,(H,49,50)/b12-6+,13-7+. The van der Waals surface area contributed by atoms with Gasteiger partial charge in [0.15, 0.2) is 5.78 Å². The summed E-state index contributed by atoms with van der Waals surface area (Å²) < 4.78 is 58.2. The number of carboxylic acids is 1. The van der Waals surface area contributed by atoms with Crippen LogP contribution in [0.3, 0.4) is 0 Å². The first kappa shape index (κ1) is 45.5. The van der Waals surface area contributed by atoms with E-state index >= 15 is 0 Å². The molecule has 0 saturated carbocycles. The second-order valence-electron chi connectivity index (χ2n) is 13.2. The molecule has 4 aromatic carbocycles. The molecule has 0 spiro atoms. The summed E-state index contributed by atoms with van der Waals surface area (Å²) in [4.78, 5) is 23.2. The number of hydrogen-bond donors (Lipinski definition) is 1. The summed E-state index contributed by atoms with van der Waals surface area (Å²) in [6.07, 6.45) is 7.64. The molecule has 4 aliphatic heterocycles. The van der Waals surface area contributed by atoms with Crippen LogP contribution in [0.15, 0.2) is 84.9 Å². The van der Waals surface area contributed by atoms with Crippen molar-refractivity contribution in [3.8, 4) is 23.0 Å². The molecule has 0 aliphatic carbocycles. The average molecular weight is 827 g/mol. The van der Waals surface area contributed by atoms with Crippen LogP contribution in [0, 0.1) is 0 Å². The number of ether oxygens (including phenoxy) is 10. The van der Waals surface area contributed by atoms with Crippen LogP contribution in [0.1, 0.15) is 49.9 Å². The lowest BCUT2D eigenvalue weighted by Gasteiger charge is -2.16. The summed E-state index contributed by atoms with van der Waals surface area (Å²) in [6, 6.07) is 25.2. The molecule has 0 unspecified atom stereocenters. The number of aromatic carboxylic acids is 1. The van der Waals surface area contributed by atoms with Gasteiger partial charge in [-0.15, -0.1) is 0 Å². The van der Waals surface area contributed by atoms with E-state index in [0.29, 0.717) is 110 Å². The predicted octanol–water partition coefficient (Wildman–Crippen LogP) is 7.26. The number of hydrogen-bond acceptors (Lipinski definition) is 12. The molecule has 4 aliphatic rings. The molecule has 0 atom stereocenters. The molecule has 13 nitrogen and oxygen atoms in total. The third-order valence-corrected chi connectivity index (χ3v) is 8.80. The van der Waals surface area contributed by atoms with Crippen LogP contribution >= 0.6 is 0 Å². The summed E-state index contributed by atoms with van der Waals surface area (Å²) in [5.41, 5.74) is 4.05. The van der Waals surface area contributed by atoms with Gasteiger partial charge in [0.05, 0.1) is 84.8 Å². The van der Waals surface area contributed by atoms with E-state index in [0.717, 1.165) is 33.8 Å². The minimum absolute atomic E-state index is 0.000969. The van der Waals surface area contributed by atoms with Crippen LogP contribution in [0.2, 0.25) is 0 Å². The molecule has 4 heterocycles. The zero-order valence-corrected chi connectivity index (χ0v) is 34.1. The summed E-state index contributed by atoms with van der Waals surface area (Å²) in [6.45, 7) is 7.70. The number of rotatable bonds is 6. The van der Waals surface area contributed by atoms with Gasteiger partial charge >= 0.3 is 5.97 Å². The third kappa shape index (κ3) is 17.0. The van der Waals surface area contributed by atoms with E-state index in [1.54, 1.807) is 36.4 Å². The lowest BCUT2D eigenvalue weighted by molar-refractivity contribution is 0.00466. The number of carboxylic acid groups (broad SMARTS) is 1. The maximum Gasteiger partial charge on any atom is 0.335 e. The van der Waals surface area contributed by atoms with Crippen molar-refractivity contribution in [2.24, 2.45) is 0 Å². The van der Waals surface area contributed by atoms with Crippen molar-refractivity contribution < 1.29 is 62.1 Å². The highest BCUT2D eigenvalue weighted by atomic mass is 16.6. The van der Waals surface area contributed by atoms with E-state index in [9.17, 15) is 14.7 Å². The van der Waals surface area contributed by atoms with Gasteiger partial charge in [0.2, 0.25) is 0 Å². The van der Waals surface area contributed by atoms with Crippen LogP contribution in [-0.4, -0.2) is 123 Å². The molecule has 8 rings (SSSR count). The SMILES string of the molecule is CC(=O)c1ccc(/C=C/c2cc3c(/C=C/c4ccc(C(=O)O)cc4)cc2OCCOCCOCCOCCOc2ccc(cc2)OCCOCCOCCOCCO3)cc1. The van der Waals surface area contributed by atoms with Crippen LogP contribution in [-0.2, 0) is 28.4 Å². The first-order chi connectivity index (χ1) is 29.4. The number of carbonyl (C=O) groups is 2. The van der Waals surface area contributed by atoms with E-state index in [2.05, 4.69) is 0 Å². The highest BCUT2D eigenvalue weighted by molar-refractivity contribution is 5.94. The Morgan fingerprint density at radius 1 is 0.417 bits per heavy atom. The summed E-state index contributed by atoms with van der Waals surface area (Å²) in [5, 5.41) is 9.33. The number of benzene rings is 4. The fraction of sp³-hybridized carbons (Fsp3) is 0.362. The molecule has 13 heteroatoms. The molecule has 4 aromatic rings. The fourth-order valence-corrected chi connectivity index (χ4v) is 5.61. The quantitative estimate of drug-likeness (QED) is 0.154. The van der Waals surface area contributed by atoms with Gasteiger partial charge in [0, 0.05) is 16.7 Å². The second kappa shape index (κ2) is 26.5. The van der Waals surface area contributed by atoms with E-state index < -0.39 is 5.97 Å². The van der Waals surface area contributed by atoms with E-state index in [4.69, 9.17) is 47.4 Å². The van der Waals surface area contributed by atoms with Crippen LogP contribution in [0.4, 0.5) is 0 Å². The lowest BCUT2D eigenvalue weighted by Crippen LogP contribution is -2.15. The van der Waals surface area contributed by atoms with Crippen molar-refractivity contribution >= 4 is 36.1 Å². The van der Waals surface area contributed by atoms with Crippen molar-refractivity contribution in [2.75, 3.05) is 106 Å². The van der Waals surface area contributed by atoms with Gasteiger partial charge in [-0.25, -0.2) is 4.79 Å². The Morgan fingerprint density at radius 3 is 1.07 bits per heavy atom. The molecule has 320 valence electrons. The van der Waals surface area contributed by atoms with Crippen LogP contribution in [0.25, 0.3) is 24.3 Å². The van der Waals surface area contributed by atoms with Crippen LogP contribution < -0.4 is 18.9 Å². The first-order valence-electron chi connectivity index (χ1n) is 20.0. The van der Waals surface area contributed by atoms with Gasteiger partial charge in [-0.1, -0.05) is 60.7 Å². The van der Waals surface area contributed by atoms with Crippen molar-refractivity contribution in [1.82, 2.24) is 0 Å². The fourth-order valence-electron chi connectivity index (χ4n) is 5.61. The maximum absolute atomic E-state index is 11.8. The zero-order valence-electron chi connectivity index (χ0n) is 34.1. The summed E-state index contributed by atoms with van der Waals surface area (Å²) in [5.74, 6) is 1.65. The molecule has 0 saturated heterocycles. The van der Waals surface area contributed by atoms with Gasteiger partial charge < -0.3 is 52.5 Å². The number of ketones is 1. The molecule has 0 amide bonds. The molecular formula is C47H54O13. The van der Waals surface area contributed by atoms with Gasteiger partial charge in [0.25, 0.3) is 0 Å². The predicted molar refractivity (Wildman–Crippen MR) is 227 cm³/mol. The minimum atomic E-state index is -0.990. The van der Waals surface area contributed by atoms with Crippen molar-refractivity contribution in [3.63, 3.8) is 0 Å². The topological polar surface area (TPSA) is 147 Å². The lowest BCUT2D eigenvalue weighted by atomic mass is 10.0. The van der Waals surface area contributed by atoms with E-state index in [-0.39, 0.29) is 24.6 Å². The molecule has 0 fully saturated rings. The highest BCUT2D eigenvalue weighted by Crippen LogP contribution is 2.32. The second-order valence-corrected chi connectivity index (χ2v) is 13.2.